The van der Waals surface area contributed by atoms with Crippen molar-refractivity contribution in [1.82, 2.24) is 4.98 Å². The van der Waals surface area contributed by atoms with E-state index >= 15 is 0 Å². The first-order chi connectivity index (χ1) is 10.4. The molecule has 0 saturated heterocycles. The number of carbonyl (C=O) groups is 2. The molecule has 2 N–H and O–H groups in total. The first-order valence-electron chi connectivity index (χ1n) is 7.17. The molecule has 0 aliphatic heterocycles. The summed E-state index contributed by atoms with van der Waals surface area (Å²) < 4.78 is 13.6. The van der Waals surface area contributed by atoms with Crippen LogP contribution in [0.5, 0.6) is 0 Å². The molecule has 1 aromatic heterocycles. The van der Waals surface area contributed by atoms with E-state index in [9.17, 15) is 14.0 Å². The maximum absolute atomic E-state index is 13.6. The van der Waals surface area contributed by atoms with Gasteiger partial charge in [-0.2, -0.15) is 0 Å². The van der Waals surface area contributed by atoms with E-state index in [2.05, 4.69) is 10.3 Å². The standard InChI is InChI=1S/C17H17FN2O2.CH4/c1-17(2)7-13-15(14(21)8-17)10(9-19-13)16(22)20-12-6-4-3-5-11(12)18;/h3-6,9,19H,7-8H2,1-2H3,(H,20,22);1H4. The van der Waals surface area contributed by atoms with Gasteiger partial charge in [0.05, 0.1) is 16.8 Å². The molecule has 0 spiro atoms. The Balaban J connectivity index is 0.00000192. The third-order valence-corrected chi connectivity index (χ3v) is 3.90. The van der Waals surface area contributed by atoms with Crippen molar-refractivity contribution in [3.05, 3.63) is 53.1 Å². The van der Waals surface area contributed by atoms with E-state index in [1.165, 1.54) is 18.3 Å². The molecule has 1 aliphatic rings. The lowest BCUT2D eigenvalue weighted by atomic mass is 9.75. The lowest BCUT2D eigenvalue weighted by Gasteiger charge is -2.28. The van der Waals surface area contributed by atoms with Gasteiger partial charge in [0.1, 0.15) is 5.82 Å². The molecule has 1 aromatic carbocycles. The Labute approximate surface area is 135 Å². The van der Waals surface area contributed by atoms with E-state index in [4.69, 9.17) is 0 Å². The Morgan fingerprint density at radius 1 is 1.26 bits per heavy atom. The highest BCUT2D eigenvalue weighted by Gasteiger charge is 2.35. The minimum Gasteiger partial charge on any atom is -0.364 e. The van der Waals surface area contributed by atoms with Crippen molar-refractivity contribution in [2.45, 2.75) is 34.1 Å². The summed E-state index contributed by atoms with van der Waals surface area (Å²) in [5.74, 6) is -1.03. The van der Waals surface area contributed by atoms with Crippen molar-refractivity contribution in [3.8, 4) is 0 Å². The second-order valence-electron chi connectivity index (χ2n) is 6.43. The lowest BCUT2D eigenvalue weighted by molar-refractivity contribution is 0.0902. The van der Waals surface area contributed by atoms with Crippen LogP contribution in [0.2, 0.25) is 0 Å². The number of aromatic amines is 1. The summed E-state index contributed by atoms with van der Waals surface area (Å²) >= 11 is 0. The second kappa shape index (κ2) is 5.99. The summed E-state index contributed by atoms with van der Waals surface area (Å²) in [5.41, 5.74) is 1.48. The van der Waals surface area contributed by atoms with Crippen molar-refractivity contribution < 1.29 is 14.0 Å². The fourth-order valence-corrected chi connectivity index (χ4v) is 2.92. The number of H-pyrrole nitrogens is 1. The zero-order valence-electron chi connectivity index (χ0n) is 12.5. The fourth-order valence-electron chi connectivity index (χ4n) is 2.92. The van der Waals surface area contributed by atoms with Crippen molar-refractivity contribution in [3.63, 3.8) is 0 Å². The van der Waals surface area contributed by atoms with Crippen LogP contribution in [0.1, 0.15) is 54.1 Å². The smallest absolute Gasteiger partial charge is 0.258 e. The number of ketones is 1. The largest absolute Gasteiger partial charge is 0.364 e. The zero-order valence-corrected chi connectivity index (χ0v) is 12.5. The van der Waals surface area contributed by atoms with E-state index in [1.807, 2.05) is 13.8 Å². The molecule has 0 unspecified atom stereocenters. The third-order valence-electron chi connectivity index (χ3n) is 3.90. The number of aromatic nitrogens is 1. The Bertz CT molecular complexity index is 762. The summed E-state index contributed by atoms with van der Waals surface area (Å²) in [4.78, 5) is 27.7. The average Bonchev–Trinajstić information content (AvgIpc) is 2.83. The number of para-hydroxylation sites is 1. The highest BCUT2D eigenvalue weighted by atomic mass is 19.1. The second-order valence-corrected chi connectivity index (χ2v) is 6.43. The summed E-state index contributed by atoms with van der Waals surface area (Å²) in [5, 5.41) is 2.52. The highest BCUT2D eigenvalue weighted by Crippen LogP contribution is 2.35. The molecule has 5 heteroatoms. The van der Waals surface area contributed by atoms with Gasteiger partial charge in [-0.05, 0) is 24.0 Å². The predicted molar refractivity (Wildman–Crippen MR) is 88.3 cm³/mol. The number of Topliss-reactive ketones (excluding diaryl/α,β-unsaturated/α-hetero) is 1. The van der Waals surface area contributed by atoms with Gasteiger partial charge in [-0.3, -0.25) is 9.59 Å². The van der Waals surface area contributed by atoms with Crippen LogP contribution in [0.3, 0.4) is 0 Å². The molecule has 3 rings (SSSR count). The minimum absolute atomic E-state index is 0. The minimum atomic E-state index is -0.507. The Kier molecular flexibility index (Phi) is 4.41. The number of anilines is 1. The molecule has 0 fully saturated rings. The van der Waals surface area contributed by atoms with Gasteiger partial charge < -0.3 is 10.3 Å². The summed E-state index contributed by atoms with van der Waals surface area (Å²) in [7, 11) is 0. The number of amides is 1. The Morgan fingerprint density at radius 3 is 2.65 bits per heavy atom. The fraction of sp³-hybridized carbons (Fsp3) is 0.333. The van der Waals surface area contributed by atoms with Gasteiger partial charge in [0, 0.05) is 18.3 Å². The number of hydrogen-bond donors (Lipinski definition) is 2. The molecule has 1 heterocycles. The molecule has 122 valence electrons. The number of hydrogen-bond acceptors (Lipinski definition) is 2. The number of carbonyl (C=O) groups excluding carboxylic acids is 2. The van der Waals surface area contributed by atoms with E-state index < -0.39 is 11.7 Å². The molecule has 1 aliphatic carbocycles. The van der Waals surface area contributed by atoms with Gasteiger partial charge in [0.2, 0.25) is 0 Å². The third kappa shape index (κ3) is 3.18. The lowest BCUT2D eigenvalue weighted by Crippen LogP contribution is -2.28. The van der Waals surface area contributed by atoms with Gasteiger partial charge in [-0.25, -0.2) is 4.39 Å². The van der Waals surface area contributed by atoms with E-state index in [0.29, 0.717) is 18.4 Å². The Hall–Kier alpha value is -2.43. The van der Waals surface area contributed by atoms with Crippen molar-refractivity contribution in [1.29, 1.82) is 0 Å². The average molecular weight is 316 g/mol. The molecule has 1 amide bonds. The number of fused-ring (bicyclic) bond motifs is 1. The van der Waals surface area contributed by atoms with Crippen LogP contribution >= 0.6 is 0 Å². The SMILES string of the molecule is C.CC1(C)CC(=O)c2c(C(=O)Nc3ccccc3F)c[nH]c2C1. The van der Waals surface area contributed by atoms with Crippen molar-refractivity contribution in [2.24, 2.45) is 5.41 Å². The van der Waals surface area contributed by atoms with E-state index in [-0.39, 0.29) is 29.9 Å². The van der Waals surface area contributed by atoms with Crippen LogP contribution < -0.4 is 5.32 Å². The normalized spacial score (nSPS) is 15.5. The Morgan fingerprint density at radius 2 is 1.96 bits per heavy atom. The van der Waals surface area contributed by atoms with Gasteiger partial charge >= 0.3 is 0 Å². The molecule has 0 atom stereocenters. The van der Waals surface area contributed by atoms with Gasteiger partial charge in [-0.15, -0.1) is 0 Å². The van der Waals surface area contributed by atoms with Gasteiger partial charge in [0.15, 0.2) is 5.78 Å². The van der Waals surface area contributed by atoms with Crippen LogP contribution in [0.4, 0.5) is 10.1 Å². The molecule has 23 heavy (non-hydrogen) atoms. The van der Waals surface area contributed by atoms with Gasteiger partial charge in [0.25, 0.3) is 5.91 Å². The molecular formula is C18H21FN2O2. The topological polar surface area (TPSA) is 62.0 Å². The monoisotopic (exact) mass is 316 g/mol. The first kappa shape index (κ1) is 16.9. The molecule has 2 aromatic rings. The van der Waals surface area contributed by atoms with Crippen molar-refractivity contribution in [2.75, 3.05) is 5.32 Å². The zero-order chi connectivity index (χ0) is 15.9. The maximum atomic E-state index is 13.6. The number of nitrogens with one attached hydrogen (secondary N) is 2. The maximum Gasteiger partial charge on any atom is 0.258 e. The van der Waals surface area contributed by atoms with Crippen LogP contribution in [0, 0.1) is 11.2 Å². The molecule has 0 radical (unpaired) electrons. The highest BCUT2D eigenvalue weighted by molar-refractivity contribution is 6.13. The van der Waals surface area contributed by atoms with Crippen LogP contribution in [-0.2, 0) is 6.42 Å². The molecule has 0 saturated carbocycles. The molecule has 4 nitrogen and oxygen atoms in total. The molecular weight excluding hydrogens is 295 g/mol. The van der Waals surface area contributed by atoms with Crippen LogP contribution in [0.25, 0.3) is 0 Å². The van der Waals surface area contributed by atoms with E-state index in [0.717, 1.165) is 5.69 Å². The summed E-state index contributed by atoms with van der Waals surface area (Å²) in [6.07, 6.45) is 2.64. The number of halogens is 1. The number of rotatable bonds is 2. The molecule has 0 bridgehead atoms. The van der Waals surface area contributed by atoms with Gasteiger partial charge in [-0.1, -0.05) is 33.4 Å². The van der Waals surface area contributed by atoms with E-state index in [1.54, 1.807) is 12.1 Å². The number of benzene rings is 1. The first-order valence-corrected chi connectivity index (χ1v) is 7.17. The predicted octanol–water partition coefficient (Wildman–Crippen LogP) is 4.20. The summed E-state index contributed by atoms with van der Waals surface area (Å²) in [6, 6.07) is 5.95. The van der Waals surface area contributed by atoms with Crippen molar-refractivity contribution >= 4 is 17.4 Å². The van der Waals surface area contributed by atoms with Crippen LogP contribution in [0.15, 0.2) is 30.5 Å². The van der Waals surface area contributed by atoms with Crippen LogP contribution in [-0.4, -0.2) is 16.7 Å². The quantitative estimate of drug-likeness (QED) is 0.872. The summed E-state index contributed by atoms with van der Waals surface area (Å²) in [6.45, 7) is 4.04.